The van der Waals surface area contributed by atoms with Gasteiger partial charge in [0.15, 0.2) is 0 Å². The molecule has 0 atom stereocenters. The first-order valence-corrected chi connectivity index (χ1v) is 7.60. The van der Waals surface area contributed by atoms with Crippen molar-refractivity contribution in [2.24, 2.45) is 0 Å². The van der Waals surface area contributed by atoms with Gasteiger partial charge in [0.05, 0.1) is 6.54 Å². The summed E-state index contributed by atoms with van der Waals surface area (Å²) >= 11 is 1.73. The van der Waals surface area contributed by atoms with Crippen molar-refractivity contribution < 1.29 is 4.79 Å². The molecule has 0 spiro atoms. The summed E-state index contributed by atoms with van der Waals surface area (Å²) < 4.78 is 0. The summed E-state index contributed by atoms with van der Waals surface area (Å²) in [4.78, 5) is 18.7. The molecule has 0 aromatic carbocycles. The minimum Gasteiger partial charge on any atom is -0.385 e. The summed E-state index contributed by atoms with van der Waals surface area (Å²) in [5.41, 5.74) is 1.35. The van der Waals surface area contributed by atoms with E-state index in [4.69, 9.17) is 0 Å². The quantitative estimate of drug-likeness (QED) is 0.859. The second kappa shape index (κ2) is 7.05. The van der Waals surface area contributed by atoms with Gasteiger partial charge in [-0.2, -0.15) is 0 Å². The predicted octanol–water partition coefficient (Wildman–Crippen LogP) is 3.07. The molecule has 0 aliphatic carbocycles. The van der Waals surface area contributed by atoms with Crippen LogP contribution in [0.25, 0.3) is 0 Å². The Morgan fingerprint density at radius 1 is 1.25 bits per heavy atom. The summed E-state index contributed by atoms with van der Waals surface area (Å²) in [7, 11) is 0. The van der Waals surface area contributed by atoms with Crippen LogP contribution in [-0.4, -0.2) is 17.4 Å². The van der Waals surface area contributed by atoms with Crippen LogP contribution in [0, 0.1) is 0 Å². The van der Waals surface area contributed by atoms with E-state index in [1.165, 1.54) is 4.88 Å². The lowest BCUT2D eigenvalue weighted by molar-refractivity contribution is 0.0946. The number of aryl methyl sites for hydroxylation is 1. The van der Waals surface area contributed by atoms with Crippen LogP contribution in [0.4, 0.5) is 5.69 Å². The van der Waals surface area contributed by atoms with Crippen LogP contribution in [0.1, 0.15) is 34.1 Å². The smallest absolute Gasteiger partial charge is 0.270 e. The minimum absolute atomic E-state index is 0.142. The molecule has 2 aromatic rings. The van der Waals surface area contributed by atoms with E-state index < -0.39 is 0 Å². The summed E-state index contributed by atoms with van der Waals surface area (Å²) in [6, 6.07) is 7.79. The average Bonchev–Trinajstić information content (AvgIpc) is 2.93. The van der Waals surface area contributed by atoms with Gasteiger partial charge in [0, 0.05) is 28.2 Å². The fourth-order valence-corrected chi connectivity index (χ4v) is 2.73. The van der Waals surface area contributed by atoms with E-state index in [0.29, 0.717) is 12.2 Å². The van der Waals surface area contributed by atoms with Gasteiger partial charge in [0.1, 0.15) is 5.69 Å². The van der Waals surface area contributed by atoms with Gasteiger partial charge in [-0.15, -0.1) is 11.3 Å². The highest BCUT2D eigenvalue weighted by atomic mass is 32.1. The molecule has 2 N–H and O–H groups in total. The fraction of sp³-hybridized carbons (Fsp3) is 0.333. The van der Waals surface area contributed by atoms with Gasteiger partial charge in [0.2, 0.25) is 0 Å². The number of pyridine rings is 1. The van der Waals surface area contributed by atoms with E-state index in [1.807, 2.05) is 13.0 Å². The second-order valence-corrected chi connectivity index (χ2v) is 5.62. The molecule has 106 valence electrons. The molecule has 0 radical (unpaired) electrons. The number of hydrogen-bond donors (Lipinski definition) is 2. The van der Waals surface area contributed by atoms with Gasteiger partial charge in [-0.05, 0) is 37.6 Å². The van der Waals surface area contributed by atoms with Crippen LogP contribution in [0.15, 0.2) is 30.5 Å². The summed E-state index contributed by atoms with van der Waals surface area (Å²) in [6.07, 6.45) is 2.68. The number of rotatable bonds is 6. The molecule has 0 fully saturated rings. The van der Waals surface area contributed by atoms with E-state index in [-0.39, 0.29) is 5.91 Å². The molecule has 2 heterocycles. The van der Waals surface area contributed by atoms with Gasteiger partial charge in [-0.25, -0.2) is 0 Å². The standard InChI is InChI=1S/C15H19N3OS/c1-3-12-5-6-13(20-12)10-18-15(19)14-9-11(16-4-2)7-8-17-14/h5-9H,3-4,10H2,1-2H3,(H,16,17)(H,18,19). The maximum atomic E-state index is 12.1. The Bertz CT molecular complexity index is 580. The number of carbonyl (C=O) groups is 1. The Labute approximate surface area is 123 Å². The summed E-state index contributed by atoms with van der Waals surface area (Å²) in [6.45, 7) is 5.52. The first-order chi connectivity index (χ1) is 9.72. The van der Waals surface area contributed by atoms with E-state index in [9.17, 15) is 4.79 Å². The van der Waals surface area contributed by atoms with Crippen LogP contribution in [0.5, 0.6) is 0 Å². The maximum Gasteiger partial charge on any atom is 0.270 e. The third-order valence-corrected chi connectivity index (χ3v) is 4.09. The number of amides is 1. The van der Waals surface area contributed by atoms with Crippen LogP contribution >= 0.6 is 11.3 Å². The molecule has 0 aliphatic rings. The second-order valence-electron chi connectivity index (χ2n) is 4.36. The topological polar surface area (TPSA) is 54.0 Å². The molecule has 0 bridgehead atoms. The Morgan fingerprint density at radius 3 is 2.75 bits per heavy atom. The lowest BCUT2D eigenvalue weighted by atomic mass is 10.3. The minimum atomic E-state index is -0.142. The van der Waals surface area contributed by atoms with Crippen molar-refractivity contribution in [3.63, 3.8) is 0 Å². The van der Waals surface area contributed by atoms with Crippen LogP contribution in [0.3, 0.4) is 0 Å². The van der Waals surface area contributed by atoms with Gasteiger partial charge in [-0.1, -0.05) is 6.92 Å². The van der Waals surface area contributed by atoms with Gasteiger partial charge >= 0.3 is 0 Å². The zero-order valence-electron chi connectivity index (χ0n) is 11.8. The molecule has 2 aromatic heterocycles. The summed E-state index contributed by atoms with van der Waals surface area (Å²) in [5, 5.41) is 6.07. The van der Waals surface area contributed by atoms with E-state index in [0.717, 1.165) is 23.5 Å². The van der Waals surface area contributed by atoms with Crippen molar-refractivity contribution in [1.29, 1.82) is 0 Å². The lowest BCUT2D eigenvalue weighted by Crippen LogP contribution is -2.23. The zero-order valence-corrected chi connectivity index (χ0v) is 12.6. The summed E-state index contributed by atoms with van der Waals surface area (Å²) in [5.74, 6) is -0.142. The fourth-order valence-electron chi connectivity index (χ4n) is 1.83. The molecule has 0 saturated carbocycles. The third kappa shape index (κ3) is 3.81. The molecule has 4 nitrogen and oxygen atoms in total. The van der Waals surface area contributed by atoms with E-state index in [1.54, 1.807) is 23.6 Å². The Kier molecular flexibility index (Phi) is 5.12. The number of nitrogens with one attached hydrogen (secondary N) is 2. The van der Waals surface area contributed by atoms with Crippen molar-refractivity contribution in [2.75, 3.05) is 11.9 Å². The number of nitrogens with zero attached hydrogens (tertiary/aromatic N) is 1. The Hall–Kier alpha value is -1.88. The van der Waals surface area contributed by atoms with Crippen molar-refractivity contribution in [3.05, 3.63) is 45.9 Å². The van der Waals surface area contributed by atoms with Crippen LogP contribution < -0.4 is 10.6 Å². The normalized spacial score (nSPS) is 10.3. The van der Waals surface area contributed by atoms with Crippen LogP contribution in [0.2, 0.25) is 0 Å². The number of anilines is 1. The highest BCUT2D eigenvalue weighted by Gasteiger charge is 2.08. The van der Waals surface area contributed by atoms with Crippen molar-refractivity contribution >= 4 is 22.9 Å². The molecule has 0 unspecified atom stereocenters. The Balaban J connectivity index is 1.95. The first kappa shape index (κ1) is 14.5. The lowest BCUT2D eigenvalue weighted by Gasteiger charge is -2.06. The van der Waals surface area contributed by atoms with Crippen LogP contribution in [-0.2, 0) is 13.0 Å². The average molecular weight is 289 g/mol. The van der Waals surface area contributed by atoms with Crippen molar-refractivity contribution in [2.45, 2.75) is 26.8 Å². The number of aromatic nitrogens is 1. The largest absolute Gasteiger partial charge is 0.385 e. The van der Waals surface area contributed by atoms with Gasteiger partial charge < -0.3 is 10.6 Å². The highest BCUT2D eigenvalue weighted by molar-refractivity contribution is 7.11. The first-order valence-electron chi connectivity index (χ1n) is 6.78. The van der Waals surface area contributed by atoms with E-state index >= 15 is 0 Å². The number of carbonyl (C=O) groups excluding carboxylic acids is 1. The Morgan fingerprint density at radius 2 is 2.05 bits per heavy atom. The SMILES string of the molecule is CCNc1ccnc(C(=O)NCc2ccc(CC)s2)c1. The van der Waals surface area contributed by atoms with Crippen molar-refractivity contribution in [3.8, 4) is 0 Å². The monoisotopic (exact) mass is 289 g/mol. The molecular formula is C15H19N3OS. The molecule has 0 aliphatic heterocycles. The molecule has 20 heavy (non-hydrogen) atoms. The molecule has 2 rings (SSSR count). The van der Waals surface area contributed by atoms with Crippen molar-refractivity contribution in [1.82, 2.24) is 10.3 Å². The van der Waals surface area contributed by atoms with Gasteiger partial charge in [0.25, 0.3) is 5.91 Å². The maximum absolute atomic E-state index is 12.1. The van der Waals surface area contributed by atoms with Gasteiger partial charge in [-0.3, -0.25) is 9.78 Å². The predicted molar refractivity (Wildman–Crippen MR) is 83.3 cm³/mol. The molecule has 1 amide bonds. The molecule has 0 saturated heterocycles. The molecular weight excluding hydrogens is 270 g/mol. The number of hydrogen-bond acceptors (Lipinski definition) is 4. The zero-order chi connectivity index (χ0) is 14.4. The highest BCUT2D eigenvalue weighted by Crippen LogP contribution is 2.16. The molecule has 5 heteroatoms. The van der Waals surface area contributed by atoms with E-state index in [2.05, 4.69) is 34.7 Å². The number of thiophene rings is 1. The third-order valence-electron chi connectivity index (χ3n) is 2.86.